The summed E-state index contributed by atoms with van der Waals surface area (Å²) in [5, 5.41) is 12.3. The Hall–Kier alpha value is -1.14. The van der Waals surface area contributed by atoms with Crippen LogP contribution in [0, 0.1) is 11.8 Å². The molecule has 0 saturated carbocycles. The molecule has 110 valence electrons. The third-order valence-electron chi connectivity index (χ3n) is 3.41. The lowest BCUT2D eigenvalue weighted by Crippen LogP contribution is -2.39. The molecule has 1 rings (SSSR count). The van der Waals surface area contributed by atoms with Crippen molar-refractivity contribution in [2.24, 2.45) is 11.8 Å². The van der Waals surface area contributed by atoms with Crippen LogP contribution in [0.1, 0.15) is 20.3 Å². The van der Waals surface area contributed by atoms with Crippen LogP contribution in [0.5, 0.6) is 0 Å². The lowest BCUT2D eigenvalue weighted by molar-refractivity contribution is -0.129. The van der Waals surface area contributed by atoms with E-state index in [4.69, 9.17) is 4.74 Å². The molecular weight excluding hydrogens is 248 g/mol. The van der Waals surface area contributed by atoms with Crippen molar-refractivity contribution in [3.8, 4) is 0 Å². The van der Waals surface area contributed by atoms with Crippen molar-refractivity contribution in [3.05, 3.63) is 0 Å². The van der Waals surface area contributed by atoms with E-state index in [0.29, 0.717) is 19.7 Å². The largest absolute Gasteiger partial charge is 0.391 e. The SMILES string of the molecule is COCCN1CC(C(=O)NCC(O)C(C)C)CC1=O. The lowest BCUT2D eigenvalue weighted by atomic mass is 10.1. The van der Waals surface area contributed by atoms with Crippen molar-refractivity contribution in [1.82, 2.24) is 10.2 Å². The molecule has 1 heterocycles. The molecule has 2 unspecified atom stereocenters. The summed E-state index contributed by atoms with van der Waals surface area (Å²) in [6.07, 6.45) is -0.307. The number of nitrogens with one attached hydrogen (secondary N) is 1. The van der Waals surface area contributed by atoms with Crippen LogP contribution in [0.4, 0.5) is 0 Å². The van der Waals surface area contributed by atoms with Crippen molar-refractivity contribution >= 4 is 11.8 Å². The Balaban J connectivity index is 2.36. The van der Waals surface area contributed by atoms with E-state index in [1.54, 1.807) is 12.0 Å². The smallest absolute Gasteiger partial charge is 0.225 e. The number of hydrogen-bond acceptors (Lipinski definition) is 4. The van der Waals surface area contributed by atoms with Crippen LogP contribution in [-0.4, -0.2) is 61.3 Å². The summed E-state index contributed by atoms with van der Waals surface area (Å²) < 4.78 is 4.93. The number of amides is 2. The van der Waals surface area contributed by atoms with Crippen molar-refractivity contribution in [1.29, 1.82) is 0 Å². The van der Waals surface area contributed by atoms with Crippen LogP contribution < -0.4 is 5.32 Å². The van der Waals surface area contributed by atoms with Crippen LogP contribution in [0.3, 0.4) is 0 Å². The summed E-state index contributed by atoms with van der Waals surface area (Å²) in [5.41, 5.74) is 0. The average Bonchev–Trinajstić information content (AvgIpc) is 2.74. The van der Waals surface area contributed by atoms with Crippen molar-refractivity contribution in [2.45, 2.75) is 26.4 Å². The van der Waals surface area contributed by atoms with E-state index < -0.39 is 6.10 Å². The Morgan fingerprint density at radius 2 is 2.26 bits per heavy atom. The molecule has 1 aliphatic heterocycles. The standard InChI is InChI=1S/C13H24N2O4/c1-9(2)11(16)7-14-13(18)10-6-12(17)15(8-10)4-5-19-3/h9-11,16H,4-8H2,1-3H3,(H,14,18). The molecule has 0 radical (unpaired) electrons. The number of carbonyl (C=O) groups excluding carboxylic acids is 2. The molecular formula is C13H24N2O4. The van der Waals surface area contributed by atoms with Gasteiger partial charge in [0, 0.05) is 33.2 Å². The van der Waals surface area contributed by atoms with Gasteiger partial charge in [0.2, 0.25) is 11.8 Å². The van der Waals surface area contributed by atoms with Crippen LogP contribution in [-0.2, 0) is 14.3 Å². The summed E-state index contributed by atoms with van der Waals surface area (Å²) in [7, 11) is 1.58. The van der Waals surface area contributed by atoms with Crippen molar-refractivity contribution < 1.29 is 19.4 Å². The zero-order chi connectivity index (χ0) is 14.4. The number of aliphatic hydroxyl groups is 1. The van der Waals surface area contributed by atoms with Gasteiger partial charge in [0.1, 0.15) is 0 Å². The summed E-state index contributed by atoms with van der Waals surface area (Å²) >= 11 is 0. The Morgan fingerprint density at radius 1 is 1.58 bits per heavy atom. The molecule has 0 aromatic carbocycles. The molecule has 1 saturated heterocycles. The minimum absolute atomic E-state index is 0.0124. The summed E-state index contributed by atoms with van der Waals surface area (Å²) in [5.74, 6) is -0.387. The first-order valence-electron chi connectivity index (χ1n) is 6.68. The maximum atomic E-state index is 11.9. The van der Waals surface area contributed by atoms with Gasteiger partial charge in [0.15, 0.2) is 0 Å². The van der Waals surface area contributed by atoms with E-state index in [2.05, 4.69) is 5.32 Å². The highest BCUT2D eigenvalue weighted by atomic mass is 16.5. The molecule has 6 heteroatoms. The summed E-state index contributed by atoms with van der Waals surface area (Å²) in [6, 6.07) is 0. The second-order valence-electron chi connectivity index (χ2n) is 5.29. The van der Waals surface area contributed by atoms with E-state index in [9.17, 15) is 14.7 Å². The van der Waals surface area contributed by atoms with Gasteiger partial charge in [-0.2, -0.15) is 0 Å². The molecule has 2 amide bonds. The van der Waals surface area contributed by atoms with Gasteiger partial charge in [-0.1, -0.05) is 13.8 Å². The van der Waals surface area contributed by atoms with Crippen LogP contribution in [0.15, 0.2) is 0 Å². The quantitative estimate of drug-likeness (QED) is 0.662. The number of hydrogen-bond donors (Lipinski definition) is 2. The molecule has 6 nitrogen and oxygen atoms in total. The maximum absolute atomic E-state index is 11.9. The van der Waals surface area contributed by atoms with Crippen molar-refractivity contribution in [3.63, 3.8) is 0 Å². The molecule has 2 atom stereocenters. The number of likely N-dealkylation sites (tertiary alicyclic amines) is 1. The first kappa shape index (κ1) is 15.9. The highest BCUT2D eigenvalue weighted by Gasteiger charge is 2.34. The highest BCUT2D eigenvalue weighted by Crippen LogP contribution is 2.17. The summed E-state index contributed by atoms with van der Waals surface area (Å²) in [6.45, 7) is 5.45. The fraction of sp³-hybridized carbons (Fsp3) is 0.846. The van der Waals surface area contributed by atoms with Gasteiger partial charge in [-0.05, 0) is 5.92 Å². The minimum Gasteiger partial charge on any atom is -0.391 e. The Morgan fingerprint density at radius 3 is 2.84 bits per heavy atom. The molecule has 0 bridgehead atoms. The van der Waals surface area contributed by atoms with Gasteiger partial charge < -0.3 is 20.1 Å². The van der Waals surface area contributed by atoms with E-state index in [0.717, 1.165) is 0 Å². The second kappa shape index (κ2) is 7.45. The van der Waals surface area contributed by atoms with E-state index in [-0.39, 0.29) is 36.6 Å². The molecule has 0 aromatic rings. The predicted molar refractivity (Wildman–Crippen MR) is 70.4 cm³/mol. The lowest BCUT2D eigenvalue weighted by Gasteiger charge is -2.18. The van der Waals surface area contributed by atoms with Crippen LogP contribution >= 0.6 is 0 Å². The van der Waals surface area contributed by atoms with Crippen LogP contribution in [0.2, 0.25) is 0 Å². The third kappa shape index (κ3) is 4.80. The average molecular weight is 272 g/mol. The number of nitrogens with zero attached hydrogens (tertiary/aromatic N) is 1. The van der Waals surface area contributed by atoms with Gasteiger partial charge in [-0.3, -0.25) is 9.59 Å². The molecule has 0 spiro atoms. The Kier molecular flexibility index (Phi) is 6.24. The van der Waals surface area contributed by atoms with Gasteiger partial charge in [0.25, 0.3) is 0 Å². The normalized spacial score (nSPS) is 21.0. The van der Waals surface area contributed by atoms with Gasteiger partial charge in [-0.25, -0.2) is 0 Å². The minimum atomic E-state index is -0.550. The van der Waals surface area contributed by atoms with E-state index >= 15 is 0 Å². The maximum Gasteiger partial charge on any atom is 0.225 e. The van der Waals surface area contributed by atoms with Gasteiger partial charge in [-0.15, -0.1) is 0 Å². The van der Waals surface area contributed by atoms with Gasteiger partial charge >= 0.3 is 0 Å². The van der Waals surface area contributed by atoms with E-state index in [1.165, 1.54) is 0 Å². The molecule has 0 aromatic heterocycles. The molecule has 1 fully saturated rings. The van der Waals surface area contributed by atoms with E-state index in [1.807, 2.05) is 13.8 Å². The monoisotopic (exact) mass is 272 g/mol. The Bertz CT molecular complexity index is 320. The fourth-order valence-electron chi connectivity index (χ4n) is 1.95. The molecule has 19 heavy (non-hydrogen) atoms. The van der Waals surface area contributed by atoms with Crippen molar-refractivity contribution in [2.75, 3.05) is 33.4 Å². The van der Waals surface area contributed by atoms with Gasteiger partial charge in [0.05, 0.1) is 18.6 Å². The zero-order valence-electron chi connectivity index (χ0n) is 11.9. The molecule has 1 aliphatic rings. The molecule has 2 N–H and O–H groups in total. The number of carbonyl (C=O) groups is 2. The summed E-state index contributed by atoms with van der Waals surface area (Å²) in [4.78, 5) is 25.2. The topological polar surface area (TPSA) is 78.9 Å². The number of rotatable bonds is 7. The predicted octanol–water partition coefficient (Wildman–Crippen LogP) is -0.386. The number of aliphatic hydroxyl groups excluding tert-OH is 1. The van der Waals surface area contributed by atoms with Crippen LogP contribution in [0.25, 0.3) is 0 Å². The number of methoxy groups -OCH3 is 1. The third-order valence-corrected chi connectivity index (χ3v) is 3.41. The first-order valence-corrected chi connectivity index (χ1v) is 6.68. The first-order chi connectivity index (χ1) is 8.95. The zero-order valence-corrected chi connectivity index (χ0v) is 11.9. The Labute approximate surface area is 114 Å². The molecule has 0 aliphatic carbocycles. The fourth-order valence-corrected chi connectivity index (χ4v) is 1.95. The number of ether oxygens (including phenoxy) is 1. The highest BCUT2D eigenvalue weighted by molar-refractivity contribution is 5.89. The second-order valence-corrected chi connectivity index (χ2v) is 5.29.